The van der Waals surface area contributed by atoms with E-state index in [1.165, 1.54) is 20.8 Å². The predicted molar refractivity (Wildman–Crippen MR) is 318 cm³/mol. The van der Waals surface area contributed by atoms with Crippen LogP contribution >= 0.6 is 0 Å². The van der Waals surface area contributed by atoms with Crippen molar-refractivity contribution < 1.29 is 127 Å². The molecule has 8 amide bonds. The number of aliphatic hydroxyl groups is 9. The molecule has 4 aliphatic rings. The zero-order chi connectivity index (χ0) is 68.1. The quantitative estimate of drug-likeness (QED) is 0.0254. The smallest absolute Gasteiger partial charge is 0.242 e. The first-order valence-corrected chi connectivity index (χ1v) is 31.4. The fourth-order valence-corrected chi connectivity index (χ4v) is 11.0. The number of carbonyl (C=O) groups is 8. The second-order valence-electron chi connectivity index (χ2n) is 24.1. The molecular formula is C58H102N8O26. The van der Waals surface area contributed by atoms with Crippen molar-refractivity contribution in [1.29, 1.82) is 0 Å². The molecule has 17 unspecified atom stereocenters. The number of aliphatic hydroxyl groups excluding tert-OH is 9. The monoisotopic (exact) mass is 1330 g/mol. The van der Waals surface area contributed by atoms with Gasteiger partial charge in [-0.25, -0.2) is 0 Å². The Morgan fingerprint density at radius 1 is 0.489 bits per heavy atom. The largest absolute Gasteiger partial charge is 0.396 e. The summed E-state index contributed by atoms with van der Waals surface area (Å²) in [6.45, 7) is 7.06. The molecule has 17 N–H and O–H groups in total. The van der Waals surface area contributed by atoms with Gasteiger partial charge in [-0.1, -0.05) is 0 Å². The number of hydrogen-bond donors (Lipinski definition) is 17. The van der Waals surface area contributed by atoms with E-state index in [4.69, 9.17) is 42.6 Å². The van der Waals surface area contributed by atoms with E-state index in [-0.39, 0.29) is 117 Å². The third-order valence-electron chi connectivity index (χ3n) is 15.7. The third-order valence-corrected chi connectivity index (χ3v) is 15.7. The first kappa shape index (κ1) is 79.5. The van der Waals surface area contributed by atoms with Gasteiger partial charge in [0.25, 0.3) is 0 Å². The highest BCUT2D eigenvalue weighted by atomic mass is 16.7. The summed E-state index contributed by atoms with van der Waals surface area (Å²) in [6.07, 6.45) is -13.2. The molecule has 2 aliphatic heterocycles. The normalized spacial score (nSPS) is 29.8. The summed E-state index contributed by atoms with van der Waals surface area (Å²) in [5.41, 5.74) is -0.390. The molecule has 0 aromatic carbocycles. The van der Waals surface area contributed by atoms with Gasteiger partial charge in [-0.3, -0.25) is 38.4 Å². The zero-order valence-electron chi connectivity index (χ0n) is 53.4. The lowest BCUT2D eigenvalue weighted by Crippen LogP contribution is -2.64. The molecule has 0 spiro atoms. The van der Waals surface area contributed by atoms with Gasteiger partial charge >= 0.3 is 0 Å². The van der Waals surface area contributed by atoms with Gasteiger partial charge in [0.15, 0.2) is 12.6 Å². The van der Waals surface area contributed by atoms with Crippen molar-refractivity contribution >= 4 is 47.3 Å². The molecule has 0 radical (unpaired) electrons. The lowest BCUT2D eigenvalue weighted by molar-refractivity contribution is -0.272. The lowest BCUT2D eigenvalue weighted by Gasteiger charge is -2.42. The SMILES string of the molecule is CC(=O)NC1C(OCCOCCNC(=O)C(CCC(=O)NC(CCC(=O)NCCOCCOC2OC(CO)C(O)C(O)C2NC(C)=O)C(=O)NCCOCCOC2OC(CO)C(O)C(O)C2NC(C)=O)NC(=O)C2CCC(OC(C)(C)C)CC2)CC(CO)C(O)C1O. The van der Waals surface area contributed by atoms with Gasteiger partial charge in [-0.2, -0.15) is 0 Å². The lowest BCUT2D eigenvalue weighted by atomic mass is 9.79. The highest BCUT2D eigenvalue weighted by Gasteiger charge is 2.48. The molecule has 2 heterocycles. The Bertz CT molecular complexity index is 2270. The third kappa shape index (κ3) is 27.4. The van der Waals surface area contributed by atoms with Crippen LogP contribution in [0.4, 0.5) is 0 Å². The average Bonchev–Trinajstić information content (AvgIpc) is 0.986. The van der Waals surface area contributed by atoms with Crippen LogP contribution in [0.5, 0.6) is 0 Å². The van der Waals surface area contributed by atoms with Crippen LogP contribution in [0.3, 0.4) is 0 Å². The molecular weight excluding hydrogens is 1220 g/mol. The zero-order valence-corrected chi connectivity index (χ0v) is 53.4. The van der Waals surface area contributed by atoms with Crippen LogP contribution in [0.1, 0.15) is 99.3 Å². The standard InChI is InChI=1S/C58H102N8O26/c1-31(70)62-44-39(27-35(28-67)47(75)50(44)78)87-24-21-85-19-17-61-55(83)38(66-53(81)34-7-9-36(10-8-34)92-58(4,5)6)12-14-43(74)65-37(54(82)60-16-20-86-23-26-89-57-46(64-33(3)72)52(80)49(77)41(30-69)91-57)11-13-42(73)59-15-18-84-22-25-88-56-45(63-32(2)71)51(79)48(76)40(29-68)90-56/h34-41,44-52,56-57,67-69,75-80H,7-30H2,1-6H3,(H,59,73)(H,60,82)(H,61,83)(H,62,70)(H,63,71)(H,64,72)(H,65,74)(H,66,81). The van der Waals surface area contributed by atoms with Gasteiger partial charge in [0.2, 0.25) is 47.3 Å². The summed E-state index contributed by atoms with van der Waals surface area (Å²) in [5.74, 6) is -5.67. The summed E-state index contributed by atoms with van der Waals surface area (Å²) >= 11 is 0. The fourth-order valence-electron chi connectivity index (χ4n) is 11.0. The molecule has 2 aliphatic carbocycles. The second-order valence-corrected chi connectivity index (χ2v) is 24.1. The average molecular weight is 1330 g/mol. The van der Waals surface area contributed by atoms with Gasteiger partial charge in [0.1, 0.15) is 66.9 Å². The van der Waals surface area contributed by atoms with E-state index >= 15 is 0 Å². The molecule has 530 valence electrons. The van der Waals surface area contributed by atoms with E-state index in [2.05, 4.69) is 42.5 Å². The minimum atomic E-state index is -1.53. The number of ether oxygens (including phenoxy) is 9. The van der Waals surface area contributed by atoms with Gasteiger partial charge in [-0.05, 0) is 65.7 Å². The van der Waals surface area contributed by atoms with Crippen molar-refractivity contribution in [3.05, 3.63) is 0 Å². The first-order valence-electron chi connectivity index (χ1n) is 31.4. The Kier molecular flexibility index (Phi) is 35.5. The van der Waals surface area contributed by atoms with Crippen LogP contribution in [-0.4, -0.2) is 302 Å². The number of rotatable bonds is 39. The Morgan fingerprint density at radius 3 is 1.36 bits per heavy atom. The highest BCUT2D eigenvalue weighted by Crippen LogP contribution is 2.31. The number of nitrogens with one attached hydrogen (secondary N) is 8. The maximum atomic E-state index is 13.8. The second kappa shape index (κ2) is 41.1. The Hall–Kier alpha value is -4.96. The van der Waals surface area contributed by atoms with Crippen molar-refractivity contribution in [3.8, 4) is 0 Å². The van der Waals surface area contributed by atoms with E-state index in [9.17, 15) is 84.3 Å². The summed E-state index contributed by atoms with van der Waals surface area (Å²) in [6, 6.07) is -5.84. The van der Waals surface area contributed by atoms with Crippen molar-refractivity contribution in [2.45, 2.75) is 209 Å². The maximum Gasteiger partial charge on any atom is 0.242 e. The molecule has 2 saturated heterocycles. The van der Waals surface area contributed by atoms with E-state index in [0.29, 0.717) is 25.7 Å². The van der Waals surface area contributed by atoms with E-state index < -0.39 is 182 Å². The first-order chi connectivity index (χ1) is 43.7. The van der Waals surface area contributed by atoms with Gasteiger partial charge in [-0.15, -0.1) is 0 Å². The van der Waals surface area contributed by atoms with Crippen LogP contribution in [0.25, 0.3) is 0 Å². The maximum absolute atomic E-state index is 13.8. The van der Waals surface area contributed by atoms with Crippen LogP contribution in [0, 0.1) is 11.8 Å². The van der Waals surface area contributed by atoms with E-state index in [0.717, 1.165) is 0 Å². The van der Waals surface area contributed by atoms with Crippen LogP contribution < -0.4 is 42.5 Å². The van der Waals surface area contributed by atoms with Gasteiger partial charge < -0.3 is 131 Å². The summed E-state index contributed by atoms with van der Waals surface area (Å²) in [4.78, 5) is 104. The minimum absolute atomic E-state index is 0.00516. The van der Waals surface area contributed by atoms with Crippen molar-refractivity contribution in [1.82, 2.24) is 42.5 Å². The predicted octanol–water partition coefficient (Wildman–Crippen LogP) is -7.17. The van der Waals surface area contributed by atoms with Crippen LogP contribution in [0.2, 0.25) is 0 Å². The van der Waals surface area contributed by atoms with Crippen molar-refractivity contribution in [3.63, 3.8) is 0 Å². The Balaban J connectivity index is 1.35. The summed E-state index contributed by atoms with van der Waals surface area (Å²) in [7, 11) is 0. The van der Waals surface area contributed by atoms with Gasteiger partial charge in [0.05, 0.1) is 103 Å². The van der Waals surface area contributed by atoms with Crippen LogP contribution in [-0.2, 0) is 81.0 Å². The van der Waals surface area contributed by atoms with E-state index in [1.807, 2.05) is 20.8 Å². The molecule has 4 fully saturated rings. The molecule has 4 rings (SSSR count). The highest BCUT2D eigenvalue weighted by molar-refractivity contribution is 5.90. The molecule has 34 heteroatoms. The summed E-state index contributed by atoms with van der Waals surface area (Å²) < 4.78 is 51.2. The topological polar surface area (TPSA) is 498 Å². The van der Waals surface area contributed by atoms with E-state index in [1.54, 1.807) is 0 Å². The van der Waals surface area contributed by atoms with Gasteiger partial charge in [0, 0.05) is 71.7 Å². The molecule has 0 aromatic rings. The molecule has 34 nitrogen and oxygen atoms in total. The Labute approximate surface area is 534 Å². The van der Waals surface area contributed by atoms with Crippen molar-refractivity contribution in [2.75, 3.05) is 98.9 Å². The Morgan fingerprint density at radius 2 is 0.913 bits per heavy atom. The van der Waals surface area contributed by atoms with Crippen molar-refractivity contribution in [2.24, 2.45) is 11.8 Å². The molecule has 92 heavy (non-hydrogen) atoms. The molecule has 0 aromatic heterocycles. The molecule has 0 bridgehead atoms. The van der Waals surface area contributed by atoms with Crippen LogP contribution in [0.15, 0.2) is 0 Å². The number of hydrogen-bond acceptors (Lipinski definition) is 26. The number of carbonyl (C=O) groups excluding carboxylic acids is 8. The molecule has 17 atom stereocenters. The minimum Gasteiger partial charge on any atom is -0.396 e. The molecule has 2 saturated carbocycles. The fraction of sp³-hybridized carbons (Fsp3) is 0.862. The summed E-state index contributed by atoms with van der Waals surface area (Å²) in [5, 5.41) is 113. The number of amides is 8.